The highest BCUT2D eigenvalue weighted by molar-refractivity contribution is 6.31. The van der Waals surface area contributed by atoms with Crippen LogP contribution in [0.2, 0.25) is 0 Å². The molecule has 1 aliphatic heterocycles. The average Bonchev–Trinajstić information content (AvgIpc) is 3.15. The predicted molar refractivity (Wildman–Crippen MR) is 119 cm³/mol. The quantitative estimate of drug-likeness (QED) is 0.403. The molecule has 10 heteroatoms. The zero-order valence-corrected chi connectivity index (χ0v) is 19.7. The lowest BCUT2D eigenvalue weighted by molar-refractivity contribution is -0.320. The fourth-order valence-electron chi connectivity index (χ4n) is 5.48. The Bertz CT molecular complexity index is 1280. The van der Waals surface area contributed by atoms with Gasteiger partial charge in [0.2, 0.25) is 11.6 Å². The Balaban J connectivity index is 1.70. The van der Waals surface area contributed by atoms with Crippen LogP contribution in [0.5, 0.6) is 17.2 Å². The van der Waals surface area contributed by atoms with Crippen LogP contribution in [0, 0.1) is 0 Å². The van der Waals surface area contributed by atoms with Gasteiger partial charge in [0.05, 0.1) is 29.9 Å². The van der Waals surface area contributed by atoms with E-state index in [9.17, 15) is 30.0 Å². The van der Waals surface area contributed by atoms with E-state index in [1.54, 1.807) is 13.8 Å². The molecule has 2 aromatic rings. The smallest absolute Gasteiger partial charge is 0.224 e. The second kappa shape index (κ2) is 7.49. The number of rotatable bonds is 3. The Hall–Kier alpha value is -3.02. The van der Waals surface area contributed by atoms with Crippen molar-refractivity contribution < 1.29 is 49.0 Å². The maximum absolute atomic E-state index is 13.4. The molecule has 0 radical (unpaired) electrons. The van der Waals surface area contributed by atoms with Crippen LogP contribution >= 0.6 is 0 Å². The summed E-state index contributed by atoms with van der Waals surface area (Å²) in [6.07, 6.45) is -2.24. The van der Waals surface area contributed by atoms with E-state index in [1.807, 2.05) is 0 Å². The maximum atomic E-state index is 13.4. The molecule has 1 unspecified atom stereocenters. The van der Waals surface area contributed by atoms with Crippen molar-refractivity contribution in [2.45, 2.75) is 50.0 Å². The Morgan fingerprint density at radius 2 is 1.71 bits per heavy atom. The highest BCUT2D eigenvalue weighted by atomic mass is 16.8. The fourth-order valence-corrected chi connectivity index (χ4v) is 5.48. The van der Waals surface area contributed by atoms with Crippen molar-refractivity contribution in [3.8, 4) is 17.2 Å². The van der Waals surface area contributed by atoms with Gasteiger partial charge < -0.3 is 39.4 Å². The summed E-state index contributed by atoms with van der Waals surface area (Å²) in [4.78, 5) is 26.8. The topological polar surface area (TPSA) is 152 Å². The minimum absolute atomic E-state index is 0.00533. The van der Waals surface area contributed by atoms with Crippen molar-refractivity contribution in [2.24, 2.45) is 0 Å². The Morgan fingerprint density at radius 1 is 1.03 bits per heavy atom. The van der Waals surface area contributed by atoms with E-state index in [-0.39, 0.29) is 47.5 Å². The van der Waals surface area contributed by atoms with Crippen molar-refractivity contribution in [1.82, 2.24) is 0 Å². The molecule has 4 N–H and O–H groups in total. The molecule has 3 atom stereocenters. The van der Waals surface area contributed by atoms with Gasteiger partial charge >= 0.3 is 0 Å². The van der Waals surface area contributed by atoms with Crippen LogP contribution in [-0.4, -0.2) is 70.0 Å². The number of phenolic OH excluding ortho intramolecular Hbond substituents is 2. The number of phenols is 2. The first-order chi connectivity index (χ1) is 16.4. The van der Waals surface area contributed by atoms with E-state index in [1.165, 1.54) is 32.4 Å². The first-order valence-corrected chi connectivity index (χ1v) is 11.1. The summed E-state index contributed by atoms with van der Waals surface area (Å²) in [5.41, 5.74) is -3.00. The van der Waals surface area contributed by atoms with Crippen LogP contribution in [0.4, 0.5) is 0 Å². The molecule has 1 heterocycles. The molecule has 0 amide bonds. The lowest BCUT2D eigenvalue weighted by Gasteiger charge is -2.46. The van der Waals surface area contributed by atoms with E-state index < -0.39 is 57.5 Å². The SMILES string of the molecule is COc1cccc2c1C(=O)c1c(O)c3c(c(O)c1C2=O)C[C@@](O)(C1(OC)COC(C)(C)O1)C[C@@H]3O. The minimum atomic E-state index is -1.91. The van der Waals surface area contributed by atoms with Gasteiger partial charge in [0.1, 0.15) is 29.5 Å². The van der Waals surface area contributed by atoms with Gasteiger partial charge in [-0.25, -0.2) is 0 Å². The van der Waals surface area contributed by atoms with Crippen molar-refractivity contribution >= 4 is 11.6 Å². The van der Waals surface area contributed by atoms with Crippen LogP contribution in [-0.2, 0) is 20.6 Å². The monoisotopic (exact) mass is 486 g/mol. The molecule has 5 rings (SSSR count). The van der Waals surface area contributed by atoms with Crippen molar-refractivity contribution in [1.29, 1.82) is 0 Å². The number of hydrogen-bond donors (Lipinski definition) is 4. The molecule has 3 aliphatic rings. The number of carbonyl (C=O) groups is 2. The molecule has 1 fully saturated rings. The number of hydrogen-bond acceptors (Lipinski definition) is 10. The first-order valence-electron chi connectivity index (χ1n) is 11.1. The fraction of sp³-hybridized carbons (Fsp3) is 0.440. The first kappa shape index (κ1) is 23.7. The van der Waals surface area contributed by atoms with Gasteiger partial charge in [-0.05, 0) is 19.9 Å². The molecular weight excluding hydrogens is 460 g/mol. The van der Waals surface area contributed by atoms with Gasteiger partial charge in [-0.2, -0.15) is 0 Å². The molecule has 186 valence electrons. The second-order valence-corrected chi connectivity index (χ2v) is 9.56. The number of aromatic hydroxyl groups is 2. The number of methoxy groups -OCH3 is 2. The number of benzene rings is 2. The summed E-state index contributed by atoms with van der Waals surface area (Å²) in [5, 5.41) is 45.1. The molecule has 0 saturated carbocycles. The van der Waals surface area contributed by atoms with Crippen LogP contribution < -0.4 is 4.74 Å². The third-order valence-corrected chi connectivity index (χ3v) is 7.15. The molecule has 0 aromatic heterocycles. The minimum Gasteiger partial charge on any atom is -0.507 e. The van der Waals surface area contributed by atoms with Gasteiger partial charge in [-0.15, -0.1) is 0 Å². The summed E-state index contributed by atoms with van der Waals surface area (Å²) >= 11 is 0. The Labute approximate surface area is 200 Å². The van der Waals surface area contributed by atoms with Gasteiger partial charge in [0.15, 0.2) is 11.6 Å². The standard InChI is InChI=1S/C25H26O10/c1-23(2)34-10-25(33-4,35-23)24(31)8-12-15(13(26)9-24)21(29)18-17(20(12)28)19(27)11-6-5-7-14(32-3)16(11)22(18)30/h5-7,13,26,28-29,31H,8-10H2,1-4H3/t13-,24-,25?/m0/s1. The molecule has 1 saturated heterocycles. The van der Waals surface area contributed by atoms with Gasteiger partial charge in [0, 0.05) is 36.6 Å². The van der Waals surface area contributed by atoms with Crippen LogP contribution in [0.3, 0.4) is 0 Å². The molecule has 10 nitrogen and oxygen atoms in total. The number of aliphatic hydroxyl groups is 2. The third kappa shape index (κ3) is 3.08. The lowest BCUT2D eigenvalue weighted by Crippen LogP contribution is -2.61. The second-order valence-electron chi connectivity index (χ2n) is 9.56. The Kier molecular flexibility index (Phi) is 5.07. The number of aliphatic hydroxyl groups excluding tert-OH is 1. The summed E-state index contributed by atoms with van der Waals surface area (Å²) in [5.74, 6) is -5.32. The highest BCUT2D eigenvalue weighted by Gasteiger charge is 2.62. The van der Waals surface area contributed by atoms with Crippen LogP contribution in [0.1, 0.15) is 69.3 Å². The van der Waals surface area contributed by atoms with Crippen molar-refractivity contribution in [3.63, 3.8) is 0 Å². The van der Waals surface area contributed by atoms with Gasteiger partial charge in [-0.3, -0.25) is 9.59 Å². The highest BCUT2D eigenvalue weighted by Crippen LogP contribution is 2.54. The number of carbonyl (C=O) groups excluding carboxylic acids is 2. The van der Waals surface area contributed by atoms with E-state index >= 15 is 0 Å². The summed E-state index contributed by atoms with van der Waals surface area (Å²) in [7, 11) is 2.67. The molecular formula is C25H26O10. The maximum Gasteiger partial charge on any atom is 0.224 e. The summed E-state index contributed by atoms with van der Waals surface area (Å²) in [6.45, 7) is 3.11. The molecule has 2 aromatic carbocycles. The normalized spacial score (nSPS) is 28.9. The van der Waals surface area contributed by atoms with E-state index in [0.29, 0.717) is 0 Å². The predicted octanol–water partition coefficient (Wildman–Crippen LogP) is 1.72. The molecule has 0 spiro atoms. The number of fused-ring (bicyclic) bond motifs is 3. The zero-order valence-electron chi connectivity index (χ0n) is 19.7. The molecule has 0 bridgehead atoms. The third-order valence-electron chi connectivity index (χ3n) is 7.15. The van der Waals surface area contributed by atoms with Gasteiger partial charge in [-0.1, -0.05) is 12.1 Å². The van der Waals surface area contributed by atoms with E-state index in [2.05, 4.69) is 0 Å². The zero-order chi connectivity index (χ0) is 25.5. The number of ketones is 2. The van der Waals surface area contributed by atoms with E-state index in [0.717, 1.165) is 0 Å². The Morgan fingerprint density at radius 3 is 2.31 bits per heavy atom. The van der Waals surface area contributed by atoms with Crippen molar-refractivity contribution in [2.75, 3.05) is 20.8 Å². The largest absolute Gasteiger partial charge is 0.507 e. The van der Waals surface area contributed by atoms with Crippen LogP contribution in [0.25, 0.3) is 0 Å². The molecule has 35 heavy (non-hydrogen) atoms. The average molecular weight is 486 g/mol. The lowest BCUT2D eigenvalue weighted by atomic mass is 9.70. The molecule has 2 aliphatic carbocycles. The number of ether oxygens (including phenoxy) is 4. The van der Waals surface area contributed by atoms with Gasteiger partial charge in [0.25, 0.3) is 0 Å². The summed E-state index contributed by atoms with van der Waals surface area (Å²) < 4.78 is 22.3. The van der Waals surface area contributed by atoms with Crippen molar-refractivity contribution in [3.05, 3.63) is 51.6 Å². The van der Waals surface area contributed by atoms with Crippen LogP contribution in [0.15, 0.2) is 18.2 Å². The summed E-state index contributed by atoms with van der Waals surface area (Å²) in [6, 6.07) is 4.47. The van der Waals surface area contributed by atoms with E-state index in [4.69, 9.17) is 18.9 Å².